The Balaban J connectivity index is 2.18. The summed E-state index contributed by atoms with van der Waals surface area (Å²) < 4.78 is 10.4. The van der Waals surface area contributed by atoms with Gasteiger partial charge in [-0.15, -0.1) is 0 Å². The van der Waals surface area contributed by atoms with Gasteiger partial charge in [-0.25, -0.2) is 0 Å². The van der Waals surface area contributed by atoms with Gasteiger partial charge >= 0.3 is 0 Å². The van der Waals surface area contributed by atoms with Gasteiger partial charge in [0, 0.05) is 25.7 Å². The number of amides is 1. The van der Waals surface area contributed by atoms with Gasteiger partial charge in [0.05, 0.1) is 0 Å². The van der Waals surface area contributed by atoms with Crippen LogP contribution >= 0.6 is 0 Å². The predicted molar refractivity (Wildman–Crippen MR) is 58.6 cm³/mol. The number of hydrogen-bond acceptors (Lipinski definition) is 4. The van der Waals surface area contributed by atoms with Crippen molar-refractivity contribution < 1.29 is 14.3 Å². The van der Waals surface area contributed by atoms with Crippen molar-refractivity contribution in [2.45, 2.75) is 0 Å². The van der Waals surface area contributed by atoms with Crippen LogP contribution in [-0.4, -0.2) is 37.7 Å². The first-order chi connectivity index (χ1) is 7.72. The molecule has 0 saturated heterocycles. The number of ether oxygens (including phenoxy) is 2. The van der Waals surface area contributed by atoms with Crippen LogP contribution < -0.4 is 15.2 Å². The number of hydrogen-bond donors (Lipinski definition) is 1. The highest BCUT2D eigenvalue weighted by molar-refractivity contribution is 5.94. The zero-order chi connectivity index (χ0) is 11.5. The molecule has 1 aliphatic rings. The Morgan fingerprint density at radius 2 is 2.19 bits per heavy atom. The molecule has 0 aromatic heterocycles. The molecule has 2 rings (SSSR count). The van der Waals surface area contributed by atoms with Gasteiger partial charge in [0.15, 0.2) is 11.5 Å². The van der Waals surface area contributed by atoms with E-state index in [1.54, 1.807) is 30.1 Å². The second-order valence-electron chi connectivity index (χ2n) is 3.58. The molecule has 1 aromatic rings. The van der Waals surface area contributed by atoms with Gasteiger partial charge in [0.2, 0.25) is 6.79 Å². The Morgan fingerprint density at radius 3 is 2.94 bits per heavy atom. The van der Waals surface area contributed by atoms with Gasteiger partial charge in [0.1, 0.15) is 0 Å². The molecule has 2 N–H and O–H groups in total. The maximum absolute atomic E-state index is 11.9. The number of nitrogens with zero attached hydrogens (tertiary/aromatic N) is 1. The van der Waals surface area contributed by atoms with Gasteiger partial charge in [0.25, 0.3) is 5.91 Å². The molecule has 0 unspecified atom stereocenters. The lowest BCUT2D eigenvalue weighted by Crippen LogP contribution is -2.31. The molecule has 5 nitrogen and oxygen atoms in total. The van der Waals surface area contributed by atoms with Gasteiger partial charge in [-0.2, -0.15) is 0 Å². The monoisotopic (exact) mass is 222 g/mol. The normalized spacial score (nSPS) is 12.6. The summed E-state index contributed by atoms with van der Waals surface area (Å²) in [6.07, 6.45) is 0. The second kappa shape index (κ2) is 4.40. The summed E-state index contributed by atoms with van der Waals surface area (Å²) in [5.74, 6) is 1.23. The van der Waals surface area contributed by atoms with Crippen molar-refractivity contribution in [3.63, 3.8) is 0 Å². The van der Waals surface area contributed by atoms with Crippen molar-refractivity contribution in [2.75, 3.05) is 26.9 Å². The molecule has 0 atom stereocenters. The number of carbonyl (C=O) groups excluding carboxylic acids is 1. The van der Waals surface area contributed by atoms with Gasteiger partial charge in [-0.1, -0.05) is 0 Å². The average molecular weight is 222 g/mol. The van der Waals surface area contributed by atoms with E-state index < -0.39 is 0 Å². The molecule has 0 fully saturated rings. The summed E-state index contributed by atoms with van der Waals surface area (Å²) in [4.78, 5) is 13.5. The molecule has 16 heavy (non-hydrogen) atoms. The third kappa shape index (κ3) is 1.94. The van der Waals surface area contributed by atoms with Crippen LogP contribution in [0.15, 0.2) is 18.2 Å². The number of nitrogens with two attached hydrogens (primary N) is 1. The van der Waals surface area contributed by atoms with E-state index in [-0.39, 0.29) is 12.7 Å². The van der Waals surface area contributed by atoms with Gasteiger partial charge in [-0.05, 0) is 18.2 Å². The number of carbonyl (C=O) groups is 1. The van der Waals surface area contributed by atoms with Gasteiger partial charge < -0.3 is 20.1 Å². The SMILES string of the molecule is CN(CCN)C(=O)c1ccc2c(c1)OCO2. The lowest BCUT2D eigenvalue weighted by atomic mass is 10.2. The molecule has 86 valence electrons. The van der Waals surface area contributed by atoms with E-state index in [2.05, 4.69) is 0 Å². The zero-order valence-electron chi connectivity index (χ0n) is 9.10. The molecule has 1 heterocycles. The van der Waals surface area contributed by atoms with Crippen molar-refractivity contribution in [3.05, 3.63) is 23.8 Å². The van der Waals surface area contributed by atoms with Crippen molar-refractivity contribution in [1.82, 2.24) is 4.90 Å². The van der Waals surface area contributed by atoms with Crippen LogP contribution in [0.2, 0.25) is 0 Å². The summed E-state index contributed by atoms with van der Waals surface area (Å²) in [5.41, 5.74) is 5.98. The Kier molecular flexibility index (Phi) is 2.96. The predicted octanol–water partition coefficient (Wildman–Crippen LogP) is 0.446. The first-order valence-electron chi connectivity index (χ1n) is 5.07. The fraction of sp³-hybridized carbons (Fsp3) is 0.364. The summed E-state index contributed by atoms with van der Waals surface area (Å²) in [6, 6.07) is 5.16. The van der Waals surface area contributed by atoms with E-state index in [1.165, 1.54) is 0 Å². The number of benzene rings is 1. The molecular weight excluding hydrogens is 208 g/mol. The van der Waals surface area contributed by atoms with E-state index in [0.29, 0.717) is 30.2 Å². The van der Waals surface area contributed by atoms with Crippen molar-refractivity contribution in [2.24, 2.45) is 5.73 Å². The standard InChI is InChI=1S/C11H14N2O3/c1-13(5-4-12)11(14)8-2-3-9-10(6-8)16-7-15-9/h2-3,6H,4-5,7,12H2,1H3. The minimum atomic E-state index is -0.0660. The minimum absolute atomic E-state index is 0.0660. The van der Waals surface area contributed by atoms with Crippen LogP contribution in [0, 0.1) is 0 Å². The third-order valence-corrected chi connectivity index (χ3v) is 2.43. The van der Waals surface area contributed by atoms with E-state index in [9.17, 15) is 4.79 Å². The lowest BCUT2D eigenvalue weighted by molar-refractivity contribution is 0.0798. The summed E-state index contributed by atoms with van der Waals surface area (Å²) >= 11 is 0. The molecular formula is C11H14N2O3. The Hall–Kier alpha value is -1.75. The maximum Gasteiger partial charge on any atom is 0.253 e. The summed E-state index contributed by atoms with van der Waals surface area (Å²) in [6.45, 7) is 1.20. The highest BCUT2D eigenvalue weighted by Gasteiger charge is 2.17. The lowest BCUT2D eigenvalue weighted by Gasteiger charge is -2.15. The summed E-state index contributed by atoms with van der Waals surface area (Å²) in [5, 5.41) is 0. The number of likely N-dealkylation sites (N-methyl/N-ethyl adjacent to an activating group) is 1. The van der Waals surface area contributed by atoms with E-state index in [4.69, 9.17) is 15.2 Å². The van der Waals surface area contributed by atoms with E-state index >= 15 is 0 Å². The minimum Gasteiger partial charge on any atom is -0.454 e. The van der Waals surface area contributed by atoms with Crippen LogP contribution in [0.3, 0.4) is 0 Å². The first kappa shape index (κ1) is 10.8. The fourth-order valence-corrected chi connectivity index (χ4v) is 1.55. The quantitative estimate of drug-likeness (QED) is 0.806. The van der Waals surface area contributed by atoms with E-state index in [0.717, 1.165) is 0 Å². The van der Waals surface area contributed by atoms with Crippen molar-refractivity contribution in [3.8, 4) is 11.5 Å². The smallest absolute Gasteiger partial charge is 0.253 e. The highest BCUT2D eigenvalue weighted by atomic mass is 16.7. The van der Waals surface area contributed by atoms with Crippen LogP contribution in [-0.2, 0) is 0 Å². The van der Waals surface area contributed by atoms with Crippen LogP contribution in [0.5, 0.6) is 11.5 Å². The van der Waals surface area contributed by atoms with Crippen molar-refractivity contribution in [1.29, 1.82) is 0 Å². The van der Waals surface area contributed by atoms with Crippen molar-refractivity contribution >= 4 is 5.91 Å². The Labute approximate surface area is 93.7 Å². The van der Waals surface area contributed by atoms with Crippen LogP contribution in [0.25, 0.3) is 0 Å². The maximum atomic E-state index is 11.9. The molecule has 1 aromatic carbocycles. The topological polar surface area (TPSA) is 64.8 Å². The molecule has 0 saturated carbocycles. The molecule has 0 spiro atoms. The first-order valence-corrected chi connectivity index (χ1v) is 5.07. The Bertz CT molecular complexity index is 406. The second-order valence-corrected chi connectivity index (χ2v) is 3.58. The highest BCUT2D eigenvalue weighted by Crippen LogP contribution is 2.32. The largest absolute Gasteiger partial charge is 0.454 e. The average Bonchev–Trinajstić information content (AvgIpc) is 2.75. The zero-order valence-corrected chi connectivity index (χ0v) is 9.10. The van der Waals surface area contributed by atoms with E-state index in [1.807, 2.05) is 0 Å². The number of rotatable bonds is 3. The van der Waals surface area contributed by atoms with Gasteiger partial charge in [-0.3, -0.25) is 4.79 Å². The molecule has 1 aliphatic heterocycles. The van der Waals surface area contributed by atoms with Crippen LogP contribution in [0.4, 0.5) is 0 Å². The Morgan fingerprint density at radius 1 is 1.44 bits per heavy atom. The number of fused-ring (bicyclic) bond motifs is 1. The summed E-state index contributed by atoms with van der Waals surface area (Å²) in [7, 11) is 1.72. The molecule has 0 bridgehead atoms. The molecule has 0 aliphatic carbocycles. The molecule has 5 heteroatoms. The third-order valence-electron chi connectivity index (χ3n) is 2.43. The van der Waals surface area contributed by atoms with Crippen LogP contribution in [0.1, 0.15) is 10.4 Å². The fourth-order valence-electron chi connectivity index (χ4n) is 1.55. The molecule has 0 radical (unpaired) electrons. The molecule has 1 amide bonds.